The second-order valence-electron chi connectivity index (χ2n) is 6.70. The molecule has 0 amide bonds. The zero-order chi connectivity index (χ0) is 20.3. The van der Waals surface area contributed by atoms with Crippen molar-refractivity contribution in [3.8, 4) is 0 Å². The van der Waals surface area contributed by atoms with Crippen LogP contribution in [0.2, 0.25) is 0 Å². The largest absolute Gasteiger partial charge is 0.460 e. The number of hydrogen-bond donors (Lipinski definition) is 1. The average Bonchev–Trinajstić information content (AvgIpc) is 3.06. The molecule has 2 aromatic rings. The number of ether oxygens (including phenoxy) is 1. The summed E-state index contributed by atoms with van der Waals surface area (Å²) in [4.78, 5) is 40.7. The van der Waals surface area contributed by atoms with E-state index in [1.807, 2.05) is 18.2 Å². The molecule has 1 saturated heterocycles. The van der Waals surface area contributed by atoms with Crippen LogP contribution in [-0.4, -0.2) is 24.6 Å². The van der Waals surface area contributed by atoms with E-state index in [4.69, 9.17) is 16.0 Å². The molecule has 1 fully saturated rings. The molecule has 0 radical (unpaired) electrons. The van der Waals surface area contributed by atoms with E-state index in [9.17, 15) is 14.4 Å². The molecular formula is C19H19N5O4. The van der Waals surface area contributed by atoms with Crippen molar-refractivity contribution in [2.45, 2.75) is 18.6 Å². The first-order chi connectivity index (χ1) is 13.4. The molecule has 2 N–H and O–H groups in total. The maximum atomic E-state index is 13.0. The van der Waals surface area contributed by atoms with Gasteiger partial charge in [-0.2, -0.15) is 0 Å². The van der Waals surface area contributed by atoms with Gasteiger partial charge in [0.15, 0.2) is 5.54 Å². The van der Waals surface area contributed by atoms with E-state index >= 15 is 0 Å². The first-order valence-corrected chi connectivity index (χ1v) is 8.66. The molecule has 9 nitrogen and oxygen atoms in total. The second kappa shape index (κ2) is 7.58. The van der Waals surface area contributed by atoms with E-state index in [1.165, 1.54) is 4.90 Å². The number of carbonyl (C=O) groups is 1. The molecule has 1 aliphatic heterocycles. The molecule has 28 heavy (non-hydrogen) atoms. The van der Waals surface area contributed by atoms with Crippen LogP contribution in [0.15, 0.2) is 57.7 Å². The Hall–Kier alpha value is -3.58. The summed E-state index contributed by atoms with van der Waals surface area (Å²) in [6.07, 6.45) is 1.96. The standard InChI is InChI=1S/C19H19N5O4/c1-2-6-13-9-24(15-14(20)16(25)17(15)26)11-19(13,22-23-21)18(27)28-10-12-7-4-3-5-8-12/h2-5,7-8,13H,1,6,9-11,20H2/t13-,19?/m0/s1. The third-order valence-corrected chi connectivity index (χ3v) is 5.03. The Labute approximate surface area is 160 Å². The van der Waals surface area contributed by atoms with Crippen LogP contribution in [0.5, 0.6) is 0 Å². The van der Waals surface area contributed by atoms with Crippen molar-refractivity contribution in [1.82, 2.24) is 0 Å². The summed E-state index contributed by atoms with van der Waals surface area (Å²) in [5, 5.41) is 3.78. The highest BCUT2D eigenvalue weighted by Crippen LogP contribution is 2.38. The van der Waals surface area contributed by atoms with Gasteiger partial charge in [0.2, 0.25) is 0 Å². The van der Waals surface area contributed by atoms with Crippen molar-refractivity contribution in [2.75, 3.05) is 23.7 Å². The molecule has 0 spiro atoms. The molecule has 0 aromatic heterocycles. The van der Waals surface area contributed by atoms with Crippen molar-refractivity contribution in [3.05, 3.63) is 79.4 Å². The van der Waals surface area contributed by atoms with E-state index in [0.29, 0.717) is 6.42 Å². The van der Waals surface area contributed by atoms with Crippen LogP contribution in [0.1, 0.15) is 12.0 Å². The quantitative estimate of drug-likeness (QED) is 0.193. The van der Waals surface area contributed by atoms with Gasteiger partial charge in [-0.15, -0.1) is 6.58 Å². The average molecular weight is 381 g/mol. The van der Waals surface area contributed by atoms with E-state index in [2.05, 4.69) is 16.6 Å². The van der Waals surface area contributed by atoms with Crippen LogP contribution in [-0.2, 0) is 16.1 Å². The van der Waals surface area contributed by atoms with Gasteiger partial charge in [-0.25, -0.2) is 0 Å². The van der Waals surface area contributed by atoms with Gasteiger partial charge < -0.3 is 15.4 Å². The number of allylic oxidation sites excluding steroid dienone is 1. The number of nitrogens with two attached hydrogens (primary N) is 1. The zero-order valence-corrected chi connectivity index (χ0v) is 15.1. The summed E-state index contributed by atoms with van der Waals surface area (Å²) >= 11 is 0. The van der Waals surface area contributed by atoms with E-state index in [1.54, 1.807) is 18.2 Å². The van der Waals surface area contributed by atoms with Crippen molar-refractivity contribution in [1.29, 1.82) is 0 Å². The number of nitrogens with zero attached hydrogens (tertiary/aromatic N) is 4. The number of rotatable bonds is 7. The van der Waals surface area contributed by atoms with Gasteiger partial charge in [-0.1, -0.05) is 41.5 Å². The summed E-state index contributed by atoms with van der Waals surface area (Å²) in [7, 11) is 0. The van der Waals surface area contributed by atoms with E-state index in [-0.39, 0.29) is 31.1 Å². The zero-order valence-electron chi connectivity index (χ0n) is 15.1. The molecule has 1 aliphatic rings. The number of azide groups is 1. The first-order valence-electron chi connectivity index (χ1n) is 8.66. The predicted octanol–water partition coefficient (Wildman–Crippen LogP) is 1.67. The SMILES string of the molecule is C=CC[C@H]1CN(c2c(N)c(=O)c2=O)CC1(N=[N+]=[N-])C(=O)OCc1ccccc1. The predicted molar refractivity (Wildman–Crippen MR) is 104 cm³/mol. The van der Waals surface area contributed by atoms with Crippen LogP contribution < -0.4 is 21.5 Å². The minimum Gasteiger partial charge on any atom is -0.460 e. The fourth-order valence-electron chi connectivity index (χ4n) is 3.57. The monoisotopic (exact) mass is 381 g/mol. The van der Waals surface area contributed by atoms with Crippen LogP contribution in [0.3, 0.4) is 0 Å². The van der Waals surface area contributed by atoms with Gasteiger partial charge >= 0.3 is 5.97 Å². The summed E-state index contributed by atoms with van der Waals surface area (Å²) in [6.45, 7) is 3.81. The fraction of sp³-hybridized carbons (Fsp3) is 0.316. The molecule has 9 heteroatoms. The van der Waals surface area contributed by atoms with Crippen LogP contribution >= 0.6 is 0 Å². The number of carbonyl (C=O) groups excluding carboxylic acids is 1. The maximum Gasteiger partial charge on any atom is 0.320 e. The smallest absolute Gasteiger partial charge is 0.320 e. The lowest BCUT2D eigenvalue weighted by Gasteiger charge is -2.27. The highest BCUT2D eigenvalue weighted by Gasteiger charge is 2.54. The van der Waals surface area contributed by atoms with Gasteiger partial charge in [0.1, 0.15) is 18.0 Å². The Bertz CT molecular complexity index is 1020. The normalized spacial score (nSPS) is 21.3. The van der Waals surface area contributed by atoms with E-state index < -0.39 is 28.3 Å². The highest BCUT2D eigenvalue weighted by molar-refractivity contribution is 5.85. The van der Waals surface area contributed by atoms with Crippen molar-refractivity contribution < 1.29 is 9.53 Å². The Kier molecular flexibility index (Phi) is 5.19. The Morgan fingerprint density at radius 3 is 2.71 bits per heavy atom. The first kappa shape index (κ1) is 19.2. The number of anilines is 2. The molecule has 144 valence electrons. The summed E-state index contributed by atoms with van der Waals surface area (Å²) in [5.74, 6) is -1.17. The lowest BCUT2D eigenvalue weighted by Crippen LogP contribution is -2.47. The molecule has 0 saturated carbocycles. The summed E-state index contributed by atoms with van der Waals surface area (Å²) in [5.41, 5.74) is 12.5. The summed E-state index contributed by atoms with van der Waals surface area (Å²) in [6, 6.07) is 9.09. The third kappa shape index (κ3) is 3.12. The number of benzene rings is 1. The minimum absolute atomic E-state index is 0.0193. The van der Waals surface area contributed by atoms with Crippen molar-refractivity contribution >= 4 is 17.3 Å². The molecule has 3 rings (SSSR count). The Balaban J connectivity index is 1.90. The Morgan fingerprint density at radius 1 is 1.39 bits per heavy atom. The molecule has 1 heterocycles. The van der Waals surface area contributed by atoms with Crippen molar-refractivity contribution in [3.63, 3.8) is 0 Å². The number of esters is 1. The lowest BCUT2D eigenvalue weighted by molar-refractivity contribution is -0.152. The van der Waals surface area contributed by atoms with Crippen LogP contribution in [0.25, 0.3) is 10.4 Å². The van der Waals surface area contributed by atoms with Crippen molar-refractivity contribution in [2.24, 2.45) is 11.0 Å². The Morgan fingerprint density at radius 2 is 2.11 bits per heavy atom. The van der Waals surface area contributed by atoms with Gasteiger partial charge in [0.25, 0.3) is 10.9 Å². The second-order valence-corrected chi connectivity index (χ2v) is 6.70. The molecule has 1 unspecified atom stereocenters. The number of nitrogen functional groups attached to an aromatic ring is 1. The van der Waals surface area contributed by atoms with Gasteiger partial charge in [-0.05, 0) is 17.5 Å². The van der Waals surface area contributed by atoms with Gasteiger partial charge in [0.05, 0.1) is 0 Å². The lowest BCUT2D eigenvalue weighted by atomic mass is 9.85. The van der Waals surface area contributed by atoms with Gasteiger partial charge in [-0.3, -0.25) is 14.4 Å². The maximum absolute atomic E-state index is 13.0. The van der Waals surface area contributed by atoms with Gasteiger partial charge in [0, 0.05) is 23.9 Å². The number of hydrogen-bond acceptors (Lipinski definition) is 7. The molecule has 0 bridgehead atoms. The highest BCUT2D eigenvalue weighted by atomic mass is 16.5. The molecule has 2 aromatic carbocycles. The topological polar surface area (TPSA) is 138 Å². The minimum atomic E-state index is -1.55. The third-order valence-electron chi connectivity index (χ3n) is 5.03. The van der Waals surface area contributed by atoms with Crippen LogP contribution in [0.4, 0.5) is 11.4 Å². The fourth-order valence-corrected chi connectivity index (χ4v) is 3.57. The molecular weight excluding hydrogens is 362 g/mol. The summed E-state index contributed by atoms with van der Waals surface area (Å²) < 4.78 is 5.44. The molecule has 2 atom stereocenters. The molecule has 0 aliphatic carbocycles. The van der Waals surface area contributed by atoms with E-state index in [0.717, 1.165) is 5.56 Å². The van der Waals surface area contributed by atoms with Crippen LogP contribution in [0, 0.1) is 5.92 Å².